The molecule has 1 saturated heterocycles. The van der Waals surface area contributed by atoms with Gasteiger partial charge >= 0.3 is 0 Å². The van der Waals surface area contributed by atoms with E-state index in [2.05, 4.69) is 43.1 Å². The van der Waals surface area contributed by atoms with Crippen molar-refractivity contribution in [3.05, 3.63) is 21.9 Å². The van der Waals surface area contributed by atoms with Crippen molar-refractivity contribution in [2.24, 2.45) is 0 Å². The molecule has 4 heteroatoms. The fourth-order valence-corrected chi connectivity index (χ4v) is 3.31. The van der Waals surface area contributed by atoms with Crippen LogP contribution < -0.4 is 5.32 Å². The van der Waals surface area contributed by atoms with Crippen LogP contribution in [0.2, 0.25) is 0 Å². The molecule has 18 heavy (non-hydrogen) atoms. The van der Waals surface area contributed by atoms with Crippen LogP contribution in [0.25, 0.3) is 0 Å². The van der Waals surface area contributed by atoms with Crippen LogP contribution in [-0.2, 0) is 4.74 Å². The van der Waals surface area contributed by atoms with Crippen LogP contribution in [0.3, 0.4) is 0 Å². The van der Waals surface area contributed by atoms with Crippen molar-refractivity contribution < 1.29 is 4.74 Å². The van der Waals surface area contributed by atoms with E-state index in [1.165, 1.54) is 9.75 Å². The molecule has 2 unspecified atom stereocenters. The van der Waals surface area contributed by atoms with Crippen LogP contribution in [0.1, 0.15) is 29.6 Å². The zero-order chi connectivity index (χ0) is 13.0. The van der Waals surface area contributed by atoms with Crippen molar-refractivity contribution >= 4 is 11.3 Å². The summed E-state index contributed by atoms with van der Waals surface area (Å²) < 4.78 is 5.37. The molecule has 2 atom stereocenters. The van der Waals surface area contributed by atoms with Gasteiger partial charge in [-0.25, -0.2) is 0 Å². The minimum atomic E-state index is 0.444. The molecule has 3 nitrogen and oxygen atoms in total. The maximum Gasteiger partial charge on any atom is 0.0594 e. The van der Waals surface area contributed by atoms with E-state index in [1.807, 2.05) is 11.3 Å². The number of rotatable bonds is 5. The monoisotopic (exact) mass is 268 g/mol. The fraction of sp³-hybridized carbons (Fsp3) is 0.714. The lowest BCUT2D eigenvalue weighted by Crippen LogP contribution is -2.44. The summed E-state index contributed by atoms with van der Waals surface area (Å²) in [6, 6.07) is 5.39. The maximum atomic E-state index is 5.37. The van der Waals surface area contributed by atoms with E-state index >= 15 is 0 Å². The first-order chi connectivity index (χ1) is 8.65. The standard InChI is InChI=1S/C14H24N2OS/c1-11(10-16-6-8-17-9-7-16)15-13(3)14-5-4-12(2)18-14/h4-5,11,13,15H,6-10H2,1-3H3. The van der Waals surface area contributed by atoms with Crippen molar-refractivity contribution in [2.45, 2.75) is 32.9 Å². The average molecular weight is 268 g/mol. The predicted molar refractivity (Wildman–Crippen MR) is 77.3 cm³/mol. The molecule has 0 bridgehead atoms. The lowest BCUT2D eigenvalue weighted by atomic mass is 10.2. The average Bonchev–Trinajstić information content (AvgIpc) is 2.77. The summed E-state index contributed by atoms with van der Waals surface area (Å²) in [6.45, 7) is 11.7. The molecule has 102 valence electrons. The van der Waals surface area contributed by atoms with E-state index in [1.54, 1.807) is 0 Å². The lowest BCUT2D eigenvalue weighted by molar-refractivity contribution is 0.0339. The fourth-order valence-electron chi connectivity index (χ4n) is 2.42. The van der Waals surface area contributed by atoms with Crippen LogP contribution in [0, 0.1) is 6.92 Å². The Balaban J connectivity index is 1.77. The second-order valence-electron chi connectivity index (χ2n) is 5.15. The van der Waals surface area contributed by atoms with Crippen molar-refractivity contribution in [3.8, 4) is 0 Å². The zero-order valence-corrected chi connectivity index (χ0v) is 12.4. The Morgan fingerprint density at radius 3 is 2.67 bits per heavy atom. The second-order valence-corrected chi connectivity index (χ2v) is 6.47. The quantitative estimate of drug-likeness (QED) is 0.887. The predicted octanol–water partition coefficient (Wildman–Crippen LogP) is 2.43. The van der Waals surface area contributed by atoms with Gasteiger partial charge < -0.3 is 10.1 Å². The molecule has 1 fully saturated rings. The number of hydrogen-bond donors (Lipinski definition) is 1. The van der Waals surface area contributed by atoms with E-state index in [0.717, 1.165) is 32.8 Å². The highest BCUT2D eigenvalue weighted by molar-refractivity contribution is 7.12. The summed E-state index contributed by atoms with van der Waals surface area (Å²) in [5.74, 6) is 0. The van der Waals surface area contributed by atoms with Gasteiger partial charge in [-0.1, -0.05) is 0 Å². The Morgan fingerprint density at radius 1 is 1.33 bits per heavy atom. The Kier molecular flexibility index (Phi) is 5.18. The van der Waals surface area contributed by atoms with Crippen LogP contribution >= 0.6 is 11.3 Å². The van der Waals surface area contributed by atoms with Crippen molar-refractivity contribution in [3.63, 3.8) is 0 Å². The van der Waals surface area contributed by atoms with Crippen LogP contribution in [0.15, 0.2) is 12.1 Å². The van der Waals surface area contributed by atoms with E-state index < -0.39 is 0 Å². The van der Waals surface area contributed by atoms with Crippen LogP contribution in [-0.4, -0.2) is 43.8 Å². The van der Waals surface area contributed by atoms with Gasteiger partial charge in [0.25, 0.3) is 0 Å². The molecule has 0 radical (unpaired) electrons. The lowest BCUT2D eigenvalue weighted by Gasteiger charge is -2.30. The summed E-state index contributed by atoms with van der Waals surface area (Å²) in [5, 5.41) is 3.68. The molecule has 0 aromatic carbocycles. The number of thiophene rings is 1. The van der Waals surface area contributed by atoms with Crippen LogP contribution in [0.5, 0.6) is 0 Å². The molecule has 0 aliphatic carbocycles. The van der Waals surface area contributed by atoms with Gasteiger partial charge in [-0.2, -0.15) is 0 Å². The van der Waals surface area contributed by atoms with Crippen molar-refractivity contribution in [1.29, 1.82) is 0 Å². The molecule has 1 aliphatic rings. The Bertz CT molecular complexity index is 360. The van der Waals surface area contributed by atoms with Gasteiger partial charge in [-0.15, -0.1) is 11.3 Å². The largest absolute Gasteiger partial charge is 0.379 e. The smallest absolute Gasteiger partial charge is 0.0594 e. The molecular formula is C14H24N2OS. The van der Waals surface area contributed by atoms with Gasteiger partial charge in [0.15, 0.2) is 0 Å². The zero-order valence-electron chi connectivity index (χ0n) is 11.6. The summed E-state index contributed by atoms with van der Waals surface area (Å²) in [6.07, 6.45) is 0. The summed E-state index contributed by atoms with van der Waals surface area (Å²) in [4.78, 5) is 5.30. The highest BCUT2D eigenvalue weighted by atomic mass is 32.1. The summed E-state index contributed by atoms with van der Waals surface area (Å²) >= 11 is 1.89. The van der Waals surface area contributed by atoms with E-state index in [9.17, 15) is 0 Å². The summed E-state index contributed by atoms with van der Waals surface area (Å²) in [5.41, 5.74) is 0. The summed E-state index contributed by atoms with van der Waals surface area (Å²) in [7, 11) is 0. The second kappa shape index (κ2) is 6.66. The molecule has 2 rings (SSSR count). The number of nitrogens with zero attached hydrogens (tertiary/aromatic N) is 1. The molecule has 1 aliphatic heterocycles. The van der Waals surface area contributed by atoms with Gasteiger partial charge in [0, 0.05) is 41.5 Å². The normalized spacial score (nSPS) is 20.8. The molecule has 0 saturated carbocycles. The van der Waals surface area contributed by atoms with E-state index in [-0.39, 0.29) is 0 Å². The van der Waals surface area contributed by atoms with Crippen LogP contribution in [0.4, 0.5) is 0 Å². The van der Waals surface area contributed by atoms with Gasteiger partial charge in [-0.05, 0) is 32.9 Å². The molecule has 0 amide bonds. The first-order valence-electron chi connectivity index (χ1n) is 6.77. The number of aryl methyl sites for hydroxylation is 1. The third-order valence-corrected chi connectivity index (χ3v) is 4.54. The first kappa shape index (κ1) is 14.0. The highest BCUT2D eigenvalue weighted by Gasteiger charge is 2.16. The SMILES string of the molecule is Cc1ccc(C(C)NC(C)CN2CCOCC2)s1. The van der Waals surface area contributed by atoms with E-state index in [0.29, 0.717) is 12.1 Å². The highest BCUT2D eigenvalue weighted by Crippen LogP contribution is 2.22. The minimum absolute atomic E-state index is 0.444. The maximum absolute atomic E-state index is 5.37. The molecule has 1 N–H and O–H groups in total. The van der Waals surface area contributed by atoms with Crippen molar-refractivity contribution in [2.75, 3.05) is 32.8 Å². The Labute approximate surface area is 114 Å². The van der Waals surface area contributed by atoms with Crippen molar-refractivity contribution in [1.82, 2.24) is 10.2 Å². The van der Waals surface area contributed by atoms with Gasteiger partial charge in [0.1, 0.15) is 0 Å². The first-order valence-corrected chi connectivity index (χ1v) is 7.59. The molecule has 1 aromatic rings. The van der Waals surface area contributed by atoms with E-state index in [4.69, 9.17) is 4.74 Å². The molecule has 1 aromatic heterocycles. The molecule has 2 heterocycles. The molecular weight excluding hydrogens is 244 g/mol. The third kappa shape index (κ3) is 4.05. The Hall–Kier alpha value is -0.420. The minimum Gasteiger partial charge on any atom is -0.379 e. The van der Waals surface area contributed by atoms with Gasteiger partial charge in [0.05, 0.1) is 13.2 Å². The number of nitrogens with one attached hydrogen (secondary N) is 1. The third-order valence-electron chi connectivity index (χ3n) is 3.36. The topological polar surface area (TPSA) is 24.5 Å². The molecule has 0 spiro atoms. The van der Waals surface area contributed by atoms with Gasteiger partial charge in [0.2, 0.25) is 0 Å². The number of morpholine rings is 1. The Morgan fingerprint density at radius 2 is 2.06 bits per heavy atom. The number of hydrogen-bond acceptors (Lipinski definition) is 4. The van der Waals surface area contributed by atoms with Gasteiger partial charge in [-0.3, -0.25) is 4.90 Å². The number of ether oxygens (including phenoxy) is 1.